The number of hydrogen-bond donors (Lipinski definition) is 1. The Balaban J connectivity index is 1.88. The predicted molar refractivity (Wildman–Crippen MR) is 81.1 cm³/mol. The second-order valence-corrected chi connectivity index (χ2v) is 6.42. The molecule has 1 fully saturated rings. The second kappa shape index (κ2) is 6.23. The van der Waals surface area contributed by atoms with Gasteiger partial charge in [-0.1, -0.05) is 33.9 Å². The molecule has 112 valence electrons. The van der Waals surface area contributed by atoms with Gasteiger partial charge < -0.3 is 10.3 Å². The normalized spacial score (nSPS) is 22.4. The molecule has 2 N–H and O–H groups in total. The first-order chi connectivity index (χ1) is 10.2. The monoisotopic (exact) mass is 353 g/mol. The number of benzene rings is 1. The van der Waals surface area contributed by atoms with Gasteiger partial charge >= 0.3 is 0 Å². The number of halogens is 2. The fourth-order valence-electron chi connectivity index (χ4n) is 3.00. The summed E-state index contributed by atoms with van der Waals surface area (Å²) in [5.74, 6) is 1.34. The summed E-state index contributed by atoms with van der Waals surface area (Å²) >= 11 is 3.27. The molecule has 6 heteroatoms. The molecule has 21 heavy (non-hydrogen) atoms. The van der Waals surface area contributed by atoms with Crippen molar-refractivity contribution in [2.24, 2.45) is 11.7 Å². The number of aromatic nitrogens is 2. The Hall–Kier alpha value is -1.27. The van der Waals surface area contributed by atoms with E-state index in [4.69, 9.17) is 10.3 Å². The third-order valence-corrected chi connectivity index (χ3v) is 4.55. The van der Waals surface area contributed by atoms with Crippen LogP contribution in [0.2, 0.25) is 0 Å². The SMILES string of the molecule is NCC1CCCCC1c1nc(-c2cc(F)cc(Br)c2)no1. The van der Waals surface area contributed by atoms with Crippen LogP contribution in [-0.2, 0) is 0 Å². The highest BCUT2D eigenvalue weighted by Gasteiger charge is 2.30. The van der Waals surface area contributed by atoms with Crippen LogP contribution in [0.25, 0.3) is 11.4 Å². The molecular formula is C15H17BrFN3O. The van der Waals surface area contributed by atoms with E-state index in [9.17, 15) is 4.39 Å². The highest BCUT2D eigenvalue weighted by Crippen LogP contribution is 2.37. The predicted octanol–water partition coefficient (Wildman–Crippen LogP) is 3.87. The van der Waals surface area contributed by atoms with Crippen LogP contribution in [0.3, 0.4) is 0 Å². The van der Waals surface area contributed by atoms with E-state index in [-0.39, 0.29) is 11.7 Å². The van der Waals surface area contributed by atoms with Crippen LogP contribution in [0.4, 0.5) is 4.39 Å². The molecule has 1 aliphatic rings. The van der Waals surface area contributed by atoms with E-state index >= 15 is 0 Å². The zero-order valence-corrected chi connectivity index (χ0v) is 13.1. The van der Waals surface area contributed by atoms with Gasteiger partial charge in [0.1, 0.15) is 5.82 Å². The zero-order chi connectivity index (χ0) is 14.8. The van der Waals surface area contributed by atoms with Crippen molar-refractivity contribution in [2.45, 2.75) is 31.6 Å². The molecule has 4 nitrogen and oxygen atoms in total. The molecule has 0 aliphatic heterocycles. The van der Waals surface area contributed by atoms with E-state index in [1.807, 2.05) is 0 Å². The molecule has 0 amide bonds. The van der Waals surface area contributed by atoms with Crippen LogP contribution >= 0.6 is 15.9 Å². The average Bonchev–Trinajstić information content (AvgIpc) is 2.96. The molecule has 0 radical (unpaired) electrons. The van der Waals surface area contributed by atoms with E-state index in [0.717, 1.165) is 19.3 Å². The minimum absolute atomic E-state index is 0.224. The molecule has 2 unspecified atom stereocenters. The van der Waals surface area contributed by atoms with Crippen molar-refractivity contribution in [2.75, 3.05) is 6.54 Å². The van der Waals surface area contributed by atoms with E-state index in [2.05, 4.69) is 26.1 Å². The second-order valence-electron chi connectivity index (χ2n) is 5.50. The number of rotatable bonds is 3. The fourth-order valence-corrected chi connectivity index (χ4v) is 3.47. The molecule has 2 aromatic rings. The van der Waals surface area contributed by atoms with Crippen molar-refractivity contribution in [3.05, 3.63) is 34.4 Å². The van der Waals surface area contributed by atoms with Crippen LogP contribution in [0.1, 0.15) is 37.5 Å². The van der Waals surface area contributed by atoms with E-state index in [0.29, 0.717) is 34.2 Å². The van der Waals surface area contributed by atoms with Crippen molar-refractivity contribution in [3.8, 4) is 11.4 Å². The third kappa shape index (κ3) is 3.16. The molecule has 0 bridgehead atoms. The third-order valence-electron chi connectivity index (χ3n) is 4.09. The van der Waals surface area contributed by atoms with E-state index in [1.165, 1.54) is 18.6 Å². The van der Waals surface area contributed by atoms with E-state index in [1.54, 1.807) is 6.07 Å². The van der Waals surface area contributed by atoms with Gasteiger partial charge in [-0.05, 0) is 43.5 Å². The fraction of sp³-hybridized carbons (Fsp3) is 0.467. The highest BCUT2D eigenvalue weighted by atomic mass is 79.9. The van der Waals surface area contributed by atoms with Crippen LogP contribution in [0, 0.1) is 11.7 Å². The maximum atomic E-state index is 13.5. The lowest BCUT2D eigenvalue weighted by Gasteiger charge is -2.27. The van der Waals surface area contributed by atoms with Crippen LogP contribution in [-0.4, -0.2) is 16.7 Å². The maximum absolute atomic E-state index is 13.5. The van der Waals surface area contributed by atoms with Crippen molar-refractivity contribution in [1.82, 2.24) is 10.1 Å². The Morgan fingerprint density at radius 1 is 1.29 bits per heavy atom. The van der Waals surface area contributed by atoms with Crippen molar-refractivity contribution in [3.63, 3.8) is 0 Å². The van der Waals surface area contributed by atoms with Crippen LogP contribution in [0.15, 0.2) is 27.2 Å². The van der Waals surface area contributed by atoms with Gasteiger partial charge in [-0.15, -0.1) is 0 Å². The summed E-state index contributed by atoms with van der Waals surface area (Å²) in [5.41, 5.74) is 6.45. The molecule has 0 spiro atoms. The number of nitrogens with zero attached hydrogens (tertiary/aromatic N) is 2. The summed E-state index contributed by atoms with van der Waals surface area (Å²) < 4.78 is 19.5. The molecule has 0 saturated heterocycles. The van der Waals surface area contributed by atoms with Crippen LogP contribution < -0.4 is 5.73 Å². The standard InChI is InChI=1S/C15H17BrFN3O/c16-11-5-10(6-12(17)7-11)14-19-15(21-20-14)13-4-2-1-3-9(13)8-18/h5-7,9,13H,1-4,8,18H2. The molecule has 1 saturated carbocycles. The molecule has 1 aromatic carbocycles. The summed E-state index contributed by atoms with van der Waals surface area (Å²) in [6.45, 7) is 0.633. The topological polar surface area (TPSA) is 64.9 Å². The Bertz CT molecular complexity index is 611. The van der Waals surface area contributed by atoms with Gasteiger partial charge in [0.05, 0.1) is 0 Å². The van der Waals surface area contributed by atoms with Crippen molar-refractivity contribution >= 4 is 15.9 Å². The molecule has 3 rings (SSSR count). The molecule has 1 aromatic heterocycles. The summed E-state index contributed by atoms with van der Waals surface area (Å²) in [6, 6.07) is 4.58. The highest BCUT2D eigenvalue weighted by molar-refractivity contribution is 9.10. The Labute approximate surface area is 131 Å². The lowest BCUT2D eigenvalue weighted by molar-refractivity contribution is 0.249. The van der Waals surface area contributed by atoms with Gasteiger partial charge in [-0.3, -0.25) is 0 Å². The van der Waals surface area contributed by atoms with Crippen molar-refractivity contribution in [1.29, 1.82) is 0 Å². The van der Waals surface area contributed by atoms with Gasteiger partial charge in [-0.2, -0.15) is 4.98 Å². The lowest BCUT2D eigenvalue weighted by atomic mass is 9.79. The summed E-state index contributed by atoms with van der Waals surface area (Å²) in [5, 5.41) is 4.00. The Morgan fingerprint density at radius 2 is 2.10 bits per heavy atom. The average molecular weight is 354 g/mol. The van der Waals surface area contributed by atoms with Gasteiger partial charge in [0.25, 0.3) is 0 Å². The van der Waals surface area contributed by atoms with Gasteiger partial charge in [-0.25, -0.2) is 4.39 Å². The molecule has 2 atom stereocenters. The van der Waals surface area contributed by atoms with Gasteiger partial charge in [0.2, 0.25) is 11.7 Å². The Kier molecular flexibility index (Phi) is 4.35. The quantitative estimate of drug-likeness (QED) is 0.909. The van der Waals surface area contributed by atoms with Gasteiger partial charge in [0.15, 0.2) is 0 Å². The summed E-state index contributed by atoms with van der Waals surface area (Å²) in [6.07, 6.45) is 4.49. The van der Waals surface area contributed by atoms with Crippen molar-refractivity contribution < 1.29 is 8.91 Å². The minimum atomic E-state index is -0.330. The molecular weight excluding hydrogens is 337 g/mol. The molecule has 1 heterocycles. The van der Waals surface area contributed by atoms with Gasteiger partial charge in [0, 0.05) is 16.0 Å². The zero-order valence-electron chi connectivity index (χ0n) is 11.6. The molecule has 1 aliphatic carbocycles. The first kappa shape index (κ1) is 14.7. The maximum Gasteiger partial charge on any atom is 0.230 e. The first-order valence-corrected chi connectivity index (χ1v) is 7.97. The lowest BCUT2D eigenvalue weighted by Crippen LogP contribution is -2.25. The smallest absolute Gasteiger partial charge is 0.230 e. The number of nitrogens with two attached hydrogens (primary N) is 1. The largest absolute Gasteiger partial charge is 0.339 e. The number of hydrogen-bond acceptors (Lipinski definition) is 4. The first-order valence-electron chi connectivity index (χ1n) is 7.17. The minimum Gasteiger partial charge on any atom is -0.339 e. The van der Waals surface area contributed by atoms with Crippen LogP contribution in [0.5, 0.6) is 0 Å². The summed E-state index contributed by atoms with van der Waals surface area (Å²) in [4.78, 5) is 4.46. The van der Waals surface area contributed by atoms with E-state index < -0.39 is 0 Å². The summed E-state index contributed by atoms with van der Waals surface area (Å²) in [7, 11) is 0. The Morgan fingerprint density at radius 3 is 2.86 bits per heavy atom.